The van der Waals surface area contributed by atoms with Gasteiger partial charge in [-0.2, -0.15) is 4.98 Å². The fraction of sp³-hybridized carbons (Fsp3) is 0.357. The molecule has 2 heterocycles. The van der Waals surface area contributed by atoms with Crippen molar-refractivity contribution in [1.29, 1.82) is 0 Å². The molecule has 0 aliphatic rings. The Kier molecular flexibility index (Phi) is 6.27. The van der Waals surface area contributed by atoms with E-state index in [1.165, 1.54) is 12.3 Å². The van der Waals surface area contributed by atoms with Gasteiger partial charge in [-0.05, 0) is 49.1 Å². The summed E-state index contributed by atoms with van der Waals surface area (Å²) in [4.78, 5) is 14.5. The van der Waals surface area contributed by atoms with Crippen LogP contribution in [0.3, 0.4) is 0 Å². The summed E-state index contributed by atoms with van der Waals surface area (Å²) in [7, 11) is 0.178. The molecule has 11 heteroatoms. The SMILES string of the molecule is CC(CN(C)C)Nc1nc(Nc2ccc(S(N)(=O)=O)nc2)ncc1Br. The van der Waals surface area contributed by atoms with E-state index < -0.39 is 10.0 Å². The highest BCUT2D eigenvalue weighted by atomic mass is 79.9. The fourth-order valence-corrected chi connectivity index (χ4v) is 2.87. The number of sulfonamides is 1. The predicted octanol–water partition coefficient (Wildman–Crippen LogP) is 1.39. The van der Waals surface area contributed by atoms with Crippen molar-refractivity contribution in [3.63, 3.8) is 0 Å². The third kappa shape index (κ3) is 5.88. The summed E-state index contributed by atoms with van der Waals surface area (Å²) in [5.74, 6) is 1.01. The Morgan fingerprint density at radius 1 is 1.28 bits per heavy atom. The molecule has 0 radical (unpaired) electrons. The molecule has 2 rings (SSSR count). The molecule has 0 fully saturated rings. The maximum atomic E-state index is 11.2. The van der Waals surface area contributed by atoms with Gasteiger partial charge in [0.15, 0.2) is 5.03 Å². The second-order valence-corrected chi connectivity index (χ2v) is 8.12. The van der Waals surface area contributed by atoms with Crippen LogP contribution in [0, 0.1) is 0 Å². The standard InChI is InChI=1S/C14H20BrN7O2S/c1-9(8-22(2)3)19-13-11(15)7-18-14(21-13)20-10-4-5-12(17-6-10)25(16,23)24/h4-7,9H,8H2,1-3H3,(H2,16,23,24)(H2,18,19,20,21). The van der Waals surface area contributed by atoms with Gasteiger partial charge in [0.2, 0.25) is 5.95 Å². The molecule has 0 aromatic carbocycles. The highest BCUT2D eigenvalue weighted by molar-refractivity contribution is 9.10. The van der Waals surface area contributed by atoms with Crippen LogP contribution in [0.5, 0.6) is 0 Å². The van der Waals surface area contributed by atoms with E-state index in [9.17, 15) is 8.42 Å². The number of pyridine rings is 1. The topological polar surface area (TPSA) is 126 Å². The molecule has 0 saturated heterocycles. The van der Waals surface area contributed by atoms with Crippen LogP contribution in [-0.2, 0) is 10.0 Å². The molecule has 0 aliphatic heterocycles. The smallest absolute Gasteiger partial charge is 0.255 e. The highest BCUT2D eigenvalue weighted by Gasteiger charge is 2.11. The van der Waals surface area contributed by atoms with E-state index in [0.717, 1.165) is 11.0 Å². The summed E-state index contributed by atoms with van der Waals surface area (Å²) in [5, 5.41) is 11.1. The molecule has 2 aromatic heterocycles. The average molecular weight is 430 g/mol. The number of nitrogens with two attached hydrogens (primary N) is 1. The van der Waals surface area contributed by atoms with Crippen LogP contribution >= 0.6 is 15.9 Å². The Balaban J connectivity index is 2.14. The van der Waals surface area contributed by atoms with E-state index in [2.05, 4.69) is 53.3 Å². The third-order valence-corrected chi connectivity index (χ3v) is 4.46. The molecular weight excluding hydrogens is 410 g/mol. The highest BCUT2D eigenvalue weighted by Crippen LogP contribution is 2.22. The molecule has 0 amide bonds. The molecule has 136 valence electrons. The predicted molar refractivity (Wildman–Crippen MR) is 100 cm³/mol. The number of nitrogens with one attached hydrogen (secondary N) is 2. The van der Waals surface area contributed by atoms with Crippen LogP contribution < -0.4 is 15.8 Å². The van der Waals surface area contributed by atoms with Crippen molar-refractivity contribution in [2.75, 3.05) is 31.3 Å². The number of rotatable bonds is 7. The maximum absolute atomic E-state index is 11.2. The van der Waals surface area contributed by atoms with Crippen LogP contribution in [0.4, 0.5) is 17.5 Å². The zero-order valence-corrected chi connectivity index (χ0v) is 16.5. The van der Waals surface area contributed by atoms with Gasteiger partial charge >= 0.3 is 0 Å². The number of hydrogen-bond acceptors (Lipinski definition) is 8. The van der Waals surface area contributed by atoms with Crippen LogP contribution in [0.25, 0.3) is 0 Å². The molecular formula is C14H20BrN7O2S. The molecule has 9 nitrogen and oxygen atoms in total. The Morgan fingerprint density at radius 2 is 2.00 bits per heavy atom. The van der Waals surface area contributed by atoms with Gasteiger partial charge in [0.05, 0.1) is 16.4 Å². The van der Waals surface area contributed by atoms with Gasteiger partial charge in [-0.15, -0.1) is 0 Å². The van der Waals surface area contributed by atoms with Gasteiger partial charge in [0, 0.05) is 18.8 Å². The first-order valence-corrected chi connectivity index (χ1v) is 9.69. The molecule has 1 atom stereocenters. The van der Waals surface area contributed by atoms with Crippen molar-refractivity contribution < 1.29 is 8.42 Å². The van der Waals surface area contributed by atoms with E-state index in [1.807, 2.05) is 14.1 Å². The van der Waals surface area contributed by atoms with E-state index in [1.54, 1.807) is 12.3 Å². The molecule has 0 bridgehead atoms. The zero-order chi connectivity index (χ0) is 18.6. The molecule has 4 N–H and O–H groups in total. The minimum atomic E-state index is -3.82. The van der Waals surface area contributed by atoms with E-state index in [0.29, 0.717) is 17.5 Å². The van der Waals surface area contributed by atoms with E-state index in [-0.39, 0.29) is 11.1 Å². The molecule has 1 unspecified atom stereocenters. The molecule has 0 aliphatic carbocycles. The molecule has 0 spiro atoms. The number of aromatic nitrogens is 3. The summed E-state index contributed by atoms with van der Waals surface area (Å²) in [6.45, 7) is 2.90. The first-order valence-electron chi connectivity index (χ1n) is 7.35. The van der Waals surface area contributed by atoms with Crippen LogP contribution in [0.1, 0.15) is 6.92 Å². The van der Waals surface area contributed by atoms with Crippen molar-refractivity contribution in [1.82, 2.24) is 19.9 Å². The quantitative estimate of drug-likeness (QED) is 0.602. The number of halogens is 1. The molecule has 2 aromatic rings. The number of primary sulfonamides is 1. The lowest BCUT2D eigenvalue weighted by Gasteiger charge is -2.19. The summed E-state index contributed by atoms with van der Waals surface area (Å²) >= 11 is 3.42. The van der Waals surface area contributed by atoms with Crippen molar-refractivity contribution in [2.24, 2.45) is 5.14 Å². The Morgan fingerprint density at radius 3 is 2.56 bits per heavy atom. The normalized spacial score (nSPS) is 12.9. The second-order valence-electron chi connectivity index (χ2n) is 5.75. The third-order valence-electron chi connectivity index (χ3n) is 3.05. The number of likely N-dealkylation sites (N-methyl/N-ethyl adjacent to an activating group) is 1. The summed E-state index contributed by atoms with van der Waals surface area (Å²) < 4.78 is 23.2. The van der Waals surface area contributed by atoms with Crippen molar-refractivity contribution in [3.05, 3.63) is 29.0 Å². The lowest BCUT2D eigenvalue weighted by molar-refractivity contribution is 0.392. The Labute approximate surface area is 155 Å². The number of hydrogen-bond donors (Lipinski definition) is 3. The minimum Gasteiger partial charge on any atom is -0.365 e. The zero-order valence-electron chi connectivity index (χ0n) is 14.1. The van der Waals surface area contributed by atoms with E-state index >= 15 is 0 Å². The Bertz CT molecular complexity index is 828. The van der Waals surface area contributed by atoms with Crippen molar-refractivity contribution >= 4 is 43.4 Å². The number of nitrogens with zero attached hydrogens (tertiary/aromatic N) is 4. The summed E-state index contributed by atoms with van der Waals surface area (Å²) in [5.41, 5.74) is 0.544. The van der Waals surface area contributed by atoms with Gasteiger partial charge in [0.25, 0.3) is 10.0 Å². The average Bonchev–Trinajstić information content (AvgIpc) is 2.49. The van der Waals surface area contributed by atoms with Crippen molar-refractivity contribution in [3.8, 4) is 0 Å². The Hall–Kier alpha value is -1.82. The van der Waals surface area contributed by atoms with Gasteiger partial charge in [-0.1, -0.05) is 0 Å². The molecule has 25 heavy (non-hydrogen) atoms. The summed E-state index contributed by atoms with van der Waals surface area (Å²) in [6.07, 6.45) is 2.99. The molecule has 0 saturated carbocycles. The van der Waals surface area contributed by atoms with E-state index in [4.69, 9.17) is 5.14 Å². The monoisotopic (exact) mass is 429 g/mol. The van der Waals surface area contributed by atoms with Gasteiger partial charge in [0.1, 0.15) is 5.82 Å². The van der Waals surface area contributed by atoms with Gasteiger partial charge < -0.3 is 15.5 Å². The van der Waals surface area contributed by atoms with Crippen LogP contribution in [0.2, 0.25) is 0 Å². The van der Waals surface area contributed by atoms with Crippen LogP contribution in [-0.4, -0.2) is 55.0 Å². The lowest BCUT2D eigenvalue weighted by atomic mass is 10.3. The second kappa shape index (κ2) is 8.04. The van der Waals surface area contributed by atoms with Crippen LogP contribution in [0.15, 0.2) is 34.0 Å². The van der Waals surface area contributed by atoms with Crippen molar-refractivity contribution in [2.45, 2.75) is 18.0 Å². The number of anilines is 3. The lowest BCUT2D eigenvalue weighted by Crippen LogP contribution is -2.30. The largest absolute Gasteiger partial charge is 0.365 e. The van der Waals surface area contributed by atoms with Gasteiger partial charge in [-0.3, -0.25) is 0 Å². The first kappa shape index (κ1) is 19.5. The minimum absolute atomic E-state index is 0.185. The van der Waals surface area contributed by atoms with Gasteiger partial charge in [-0.25, -0.2) is 23.5 Å². The maximum Gasteiger partial charge on any atom is 0.255 e. The summed E-state index contributed by atoms with van der Waals surface area (Å²) in [6, 6.07) is 3.04. The first-order chi connectivity index (χ1) is 11.6. The fourth-order valence-electron chi connectivity index (χ4n) is 2.11.